The van der Waals surface area contributed by atoms with Crippen molar-refractivity contribution in [1.29, 1.82) is 0 Å². The highest BCUT2D eigenvalue weighted by molar-refractivity contribution is 5.84. The average Bonchev–Trinajstić information content (AvgIpc) is 3.33. The lowest BCUT2D eigenvalue weighted by molar-refractivity contribution is -0.137. The number of aromatic amines is 1. The molecule has 1 aliphatic rings. The Bertz CT molecular complexity index is 1290. The summed E-state index contributed by atoms with van der Waals surface area (Å²) >= 11 is 0. The molecule has 0 aliphatic carbocycles. The first-order chi connectivity index (χ1) is 17.5. The van der Waals surface area contributed by atoms with E-state index in [0.29, 0.717) is 12.8 Å². The quantitative estimate of drug-likeness (QED) is 0.430. The molecule has 7 nitrogen and oxygen atoms in total. The van der Waals surface area contributed by atoms with E-state index < -0.39 is 41.3 Å². The number of carbonyl (C=O) groups excluding carboxylic acids is 1. The van der Waals surface area contributed by atoms with Crippen LogP contribution in [-0.4, -0.2) is 33.7 Å². The van der Waals surface area contributed by atoms with Crippen LogP contribution in [0.1, 0.15) is 55.0 Å². The third-order valence-corrected chi connectivity index (χ3v) is 7.23. The minimum atomic E-state index is -4.61. The molecule has 3 aromatic rings. The average molecular weight is 521 g/mol. The summed E-state index contributed by atoms with van der Waals surface area (Å²) in [4.78, 5) is 25.1. The molecule has 0 radical (unpaired) electrons. The van der Waals surface area contributed by atoms with Crippen LogP contribution in [0.2, 0.25) is 0 Å². The zero-order chi connectivity index (χ0) is 26.8. The van der Waals surface area contributed by atoms with Crippen molar-refractivity contribution >= 4 is 5.78 Å². The van der Waals surface area contributed by atoms with Crippen LogP contribution in [0.5, 0.6) is 0 Å². The third-order valence-electron chi connectivity index (χ3n) is 7.23. The lowest BCUT2D eigenvalue weighted by Gasteiger charge is -2.46. The number of hydrogen-bond acceptors (Lipinski definition) is 5. The minimum Gasteiger partial charge on any atom is -0.372 e. The predicted molar refractivity (Wildman–Crippen MR) is 127 cm³/mol. The van der Waals surface area contributed by atoms with E-state index >= 15 is 0 Å². The largest absolute Gasteiger partial charge is 0.416 e. The molecule has 0 unspecified atom stereocenters. The van der Waals surface area contributed by atoms with Crippen LogP contribution in [0.25, 0.3) is 0 Å². The predicted octanol–water partition coefficient (Wildman–Crippen LogP) is 4.40. The SMILES string of the molecule is CC(=O)[C@]1(n2cn[nH]c2=O)CC[C@@](CO[C@H](C)c2cc(CF)cc(C(F)(F)F)c2)(c2ccccc2)NC1. The molecule has 0 bridgehead atoms. The fourth-order valence-electron chi connectivity index (χ4n) is 4.91. The van der Waals surface area contributed by atoms with E-state index in [2.05, 4.69) is 15.5 Å². The molecule has 1 aliphatic heterocycles. The Balaban J connectivity index is 1.62. The van der Waals surface area contributed by atoms with Crippen molar-refractivity contribution in [3.05, 3.63) is 87.6 Å². The Labute approximate surface area is 210 Å². The van der Waals surface area contributed by atoms with Crippen LogP contribution < -0.4 is 11.0 Å². The minimum absolute atomic E-state index is 0.0631. The second kappa shape index (κ2) is 10.2. The Morgan fingerprint density at radius 2 is 1.92 bits per heavy atom. The van der Waals surface area contributed by atoms with Gasteiger partial charge in [0.25, 0.3) is 0 Å². The number of Topliss-reactive ketones (excluding diaryl/α,β-unsaturated/α-hetero) is 1. The van der Waals surface area contributed by atoms with Crippen molar-refractivity contribution < 1.29 is 27.1 Å². The fraction of sp³-hybridized carbons (Fsp3) is 0.423. The van der Waals surface area contributed by atoms with E-state index in [1.165, 1.54) is 23.9 Å². The van der Waals surface area contributed by atoms with E-state index in [4.69, 9.17) is 4.74 Å². The van der Waals surface area contributed by atoms with Crippen LogP contribution in [0.3, 0.4) is 0 Å². The molecule has 1 saturated heterocycles. The summed E-state index contributed by atoms with van der Waals surface area (Å²) in [6.07, 6.45) is -3.39. The number of rotatable bonds is 8. The van der Waals surface area contributed by atoms with Gasteiger partial charge in [-0.1, -0.05) is 36.4 Å². The van der Waals surface area contributed by atoms with Crippen LogP contribution in [-0.2, 0) is 33.5 Å². The fourth-order valence-corrected chi connectivity index (χ4v) is 4.91. The molecule has 1 aromatic heterocycles. The zero-order valence-electron chi connectivity index (χ0n) is 20.4. The molecule has 0 spiro atoms. The first kappa shape index (κ1) is 26.7. The maximum Gasteiger partial charge on any atom is 0.416 e. The number of nitrogens with one attached hydrogen (secondary N) is 2. The number of ether oxygens (including phenoxy) is 1. The normalized spacial score (nSPS) is 23.1. The number of alkyl halides is 4. The summed E-state index contributed by atoms with van der Waals surface area (Å²) in [5.41, 5.74) is -2.36. The Hall–Kier alpha value is -3.31. The van der Waals surface area contributed by atoms with Crippen molar-refractivity contribution in [2.75, 3.05) is 13.2 Å². The van der Waals surface area contributed by atoms with Gasteiger partial charge in [0.1, 0.15) is 18.5 Å². The number of carbonyl (C=O) groups is 1. The lowest BCUT2D eigenvalue weighted by atomic mass is 9.74. The van der Waals surface area contributed by atoms with Gasteiger partial charge in [0.15, 0.2) is 5.78 Å². The topological polar surface area (TPSA) is 89.0 Å². The third kappa shape index (κ3) is 5.24. The summed E-state index contributed by atoms with van der Waals surface area (Å²) in [6.45, 7) is 2.19. The summed E-state index contributed by atoms with van der Waals surface area (Å²) in [5.74, 6) is -0.206. The van der Waals surface area contributed by atoms with Gasteiger partial charge < -0.3 is 10.1 Å². The molecule has 2 heterocycles. The monoisotopic (exact) mass is 520 g/mol. The highest BCUT2D eigenvalue weighted by Gasteiger charge is 2.48. The number of aromatic nitrogens is 3. The molecular formula is C26H28F4N4O3. The first-order valence-electron chi connectivity index (χ1n) is 11.8. The number of nitrogens with zero attached hydrogens (tertiary/aromatic N) is 2. The van der Waals surface area contributed by atoms with E-state index in [1.54, 1.807) is 6.92 Å². The number of H-pyrrole nitrogens is 1. The molecule has 0 amide bonds. The second-order valence-corrected chi connectivity index (χ2v) is 9.47. The molecule has 37 heavy (non-hydrogen) atoms. The van der Waals surface area contributed by atoms with Crippen LogP contribution in [0, 0.1) is 0 Å². The second-order valence-electron chi connectivity index (χ2n) is 9.47. The molecule has 4 rings (SSSR count). The highest BCUT2D eigenvalue weighted by Crippen LogP contribution is 2.39. The Kier molecular flexibility index (Phi) is 7.38. The summed E-state index contributed by atoms with van der Waals surface area (Å²) in [6, 6.07) is 12.5. The van der Waals surface area contributed by atoms with E-state index in [9.17, 15) is 27.2 Å². The van der Waals surface area contributed by atoms with Crippen molar-refractivity contribution in [2.24, 2.45) is 0 Å². The van der Waals surface area contributed by atoms with Crippen LogP contribution in [0.15, 0.2) is 59.7 Å². The van der Waals surface area contributed by atoms with Gasteiger partial charge in [-0.2, -0.15) is 18.3 Å². The summed E-state index contributed by atoms with van der Waals surface area (Å²) < 4.78 is 60.8. The van der Waals surface area contributed by atoms with Gasteiger partial charge in [0.2, 0.25) is 0 Å². The molecule has 1 fully saturated rings. The molecular weight excluding hydrogens is 492 g/mol. The van der Waals surface area contributed by atoms with Gasteiger partial charge in [-0.05, 0) is 55.5 Å². The number of ketones is 1. The maximum absolute atomic E-state index is 13.4. The molecule has 3 atom stereocenters. The van der Waals surface area contributed by atoms with Gasteiger partial charge >= 0.3 is 11.9 Å². The lowest BCUT2D eigenvalue weighted by Crippen LogP contribution is -2.62. The van der Waals surface area contributed by atoms with Gasteiger partial charge in [-0.25, -0.2) is 14.3 Å². The number of halogens is 4. The molecule has 198 valence electrons. The summed E-state index contributed by atoms with van der Waals surface area (Å²) in [7, 11) is 0. The van der Waals surface area contributed by atoms with Crippen molar-refractivity contribution in [1.82, 2.24) is 20.1 Å². The molecule has 11 heteroatoms. The van der Waals surface area contributed by atoms with Crippen LogP contribution >= 0.6 is 0 Å². The molecule has 0 saturated carbocycles. The van der Waals surface area contributed by atoms with Gasteiger partial charge in [-0.15, -0.1) is 0 Å². The Morgan fingerprint density at radius 3 is 2.46 bits per heavy atom. The smallest absolute Gasteiger partial charge is 0.372 e. The van der Waals surface area contributed by atoms with E-state index in [1.807, 2.05) is 30.3 Å². The van der Waals surface area contributed by atoms with Crippen molar-refractivity contribution in [2.45, 2.75) is 56.7 Å². The van der Waals surface area contributed by atoms with Crippen molar-refractivity contribution in [3.63, 3.8) is 0 Å². The van der Waals surface area contributed by atoms with Gasteiger partial charge in [0.05, 0.1) is 23.8 Å². The Morgan fingerprint density at radius 1 is 1.19 bits per heavy atom. The first-order valence-corrected chi connectivity index (χ1v) is 11.8. The highest BCUT2D eigenvalue weighted by atomic mass is 19.4. The zero-order valence-corrected chi connectivity index (χ0v) is 20.4. The number of hydrogen-bond donors (Lipinski definition) is 2. The molecule has 2 aromatic carbocycles. The van der Waals surface area contributed by atoms with Gasteiger partial charge in [-0.3, -0.25) is 9.36 Å². The van der Waals surface area contributed by atoms with E-state index in [0.717, 1.165) is 17.7 Å². The number of benzene rings is 2. The van der Waals surface area contributed by atoms with Crippen LogP contribution in [0.4, 0.5) is 17.6 Å². The van der Waals surface area contributed by atoms with Gasteiger partial charge in [0, 0.05) is 6.54 Å². The summed E-state index contributed by atoms with van der Waals surface area (Å²) in [5, 5.41) is 9.51. The van der Waals surface area contributed by atoms with E-state index in [-0.39, 0.29) is 30.1 Å². The van der Waals surface area contributed by atoms with Crippen molar-refractivity contribution in [3.8, 4) is 0 Å². The number of piperidine rings is 1. The molecule has 2 N–H and O–H groups in total. The maximum atomic E-state index is 13.4. The standard InChI is InChI=1S/C26H28F4N4O3/c1-17(20-10-19(13-27)11-22(12-20)26(28,29)30)37-15-24(21-6-4-3-5-7-21)8-9-25(14-31-24,18(2)35)34-16-32-33-23(34)36/h3-7,10-12,16-17,31H,8-9,13-15H2,1-2H3,(H,33,36)/t17-,24-,25+/m1/s1.